The number of benzene rings is 1. The summed E-state index contributed by atoms with van der Waals surface area (Å²) in [4.78, 5) is 0. The maximum atomic E-state index is 12.8. The number of rotatable bonds is 4. The topological polar surface area (TPSA) is 9.23 Å². The van der Waals surface area contributed by atoms with Crippen molar-refractivity contribution in [2.45, 2.75) is 26.2 Å². The van der Waals surface area contributed by atoms with E-state index in [9.17, 15) is 12.9 Å². The molecule has 1 aromatic rings. The van der Waals surface area contributed by atoms with E-state index in [1.165, 1.54) is 6.07 Å². The van der Waals surface area contributed by atoms with Gasteiger partial charge in [0.2, 0.25) is 0 Å². The highest BCUT2D eigenvalue weighted by molar-refractivity contribution is 6.74. The first kappa shape index (κ1) is 12.3. The van der Waals surface area contributed by atoms with Crippen LogP contribution in [0, 0.1) is 12.8 Å². The Hall–Kier alpha value is -1.13. The van der Waals surface area contributed by atoms with E-state index in [1.54, 1.807) is 13.0 Å². The maximum absolute atomic E-state index is 12.8. The van der Waals surface area contributed by atoms with E-state index in [2.05, 4.69) is 0 Å². The van der Waals surface area contributed by atoms with Crippen LogP contribution in [0.25, 0.3) is 0 Å². The third kappa shape index (κ3) is 2.96. The Balaban J connectivity index is 2.13. The van der Waals surface area contributed by atoms with E-state index >= 15 is 0 Å². The van der Waals surface area contributed by atoms with Gasteiger partial charge in [0.25, 0.3) is 0 Å². The first-order valence-electron chi connectivity index (χ1n) is 5.90. The average Bonchev–Trinajstić information content (AvgIpc) is 2.16. The summed E-state index contributed by atoms with van der Waals surface area (Å²) in [7, 11) is 0. The van der Waals surface area contributed by atoms with Gasteiger partial charge in [-0.05, 0) is 31.7 Å². The van der Waals surface area contributed by atoms with Crippen molar-refractivity contribution in [2.24, 2.45) is 5.92 Å². The highest BCUT2D eigenvalue weighted by Crippen LogP contribution is 2.27. The Morgan fingerprint density at radius 2 is 2.00 bits per heavy atom. The summed E-state index contributed by atoms with van der Waals surface area (Å²) in [6.07, 6.45) is 3.30. The molecule has 0 unspecified atom stereocenters. The molecule has 0 atom stereocenters. The minimum absolute atomic E-state index is 0.0185. The zero-order valence-electron chi connectivity index (χ0n) is 9.76. The second-order valence-electron chi connectivity index (χ2n) is 4.72. The van der Waals surface area contributed by atoms with E-state index in [0.717, 1.165) is 25.3 Å². The van der Waals surface area contributed by atoms with Crippen LogP contribution in [0.1, 0.15) is 24.8 Å². The van der Waals surface area contributed by atoms with Crippen LogP contribution in [-0.2, 0) is 0 Å². The Labute approximate surface area is 99.0 Å². The van der Waals surface area contributed by atoms with Gasteiger partial charge in [0, 0.05) is 0 Å². The molecule has 1 aliphatic rings. The van der Waals surface area contributed by atoms with Gasteiger partial charge in [0.1, 0.15) is 0 Å². The molecule has 1 nitrogen and oxygen atoms in total. The molecule has 0 saturated heterocycles. The average molecular weight is 243 g/mol. The molecule has 1 saturated carbocycles. The molecule has 0 bridgehead atoms. The summed E-state index contributed by atoms with van der Waals surface area (Å²) in [6, 6.07) is 4.25. The van der Waals surface area contributed by atoms with Crippen LogP contribution in [-0.4, -0.2) is 13.6 Å². The van der Waals surface area contributed by atoms with Gasteiger partial charge < -0.3 is 17.7 Å². The Morgan fingerprint density at radius 1 is 1.29 bits per heavy atom. The quantitative estimate of drug-likeness (QED) is 0.737. The number of hydrogen-bond donors (Lipinski definition) is 0. The molecule has 0 heterocycles. The van der Waals surface area contributed by atoms with Crippen molar-refractivity contribution in [1.29, 1.82) is 0 Å². The van der Waals surface area contributed by atoms with Crippen molar-refractivity contribution in [3.05, 3.63) is 23.8 Å². The van der Waals surface area contributed by atoms with Gasteiger partial charge in [-0.1, -0.05) is 29.6 Å². The van der Waals surface area contributed by atoms with E-state index in [4.69, 9.17) is 4.74 Å². The molecule has 0 spiro atoms. The summed E-state index contributed by atoms with van der Waals surface area (Å²) in [5.74, 6) is 0.417. The van der Waals surface area contributed by atoms with Crippen LogP contribution in [0.15, 0.2) is 18.2 Å². The summed E-state index contributed by atoms with van der Waals surface area (Å²) < 4.78 is 43.8. The largest absolute Gasteiger partial charge is 0.513 e. The summed E-state index contributed by atoms with van der Waals surface area (Å²) >= 11 is 0. The standard InChI is InChI=1S/C12H15BF3O/c1-9-5-6-12(11(7-9)13(14,15)16)17-8-10-3-2-4-10/h5-7,10H,2-4,8H2,1H3/q-1. The van der Waals surface area contributed by atoms with E-state index in [0.29, 0.717) is 18.1 Å². The van der Waals surface area contributed by atoms with Crippen molar-refractivity contribution in [3.8, 4) is 5.75 Å². The highest BCUT2D eigenvalue weighted by atomic mass is 19.4. The SMILES string of the molecule is Cc1ccc(OCC2CCC2)c([B-](F)(F)F)c1. The first-order chi connectivity index (χ1) is 7.97. The lowest BCUT2D eigenvalue weighted by atomic mass is 9.78. The zero-order valence-corrected chi connectivity index (χ0v) is 9.76. The molecule has 0 aliphatic heterocycles. The molecule has 2 rings (SSSR count). The third-order valence-electron chi connectivity index (χ3n) is 3.22. The van der Waals surface area contributed by atoms with Gasteiger partial charge in [0.05, 0.1) is 12.4 Å². The molecule has 0 N–H and O–H groups in total. The second kappa shape index (κ2) is 4.63. The molecular weight excluding hydrogens is 228 g/mol. The van der Waals surface area contributed by atoms with Crippen molar-refractivity contribution in [3.63, 3.8) is 0 Å². The number of aryl methyl sites for hydroxylation is 1. The smallest absolute Gasteiger partial charge is 0.496 e. The minimum Gasteiger partial charge on any atom is -0.496 e. The van der Waals surface area contributed by atoms with Gasteiger partial charge in [-0.15, -0.1) is 0 Å². The molecule has 1 aliphatic carbocycles. The fourth-order valence-corrected chi connectivity index (χ4v) is 1.92. The molecule has 1 fully saturated rings. The van der Waals surface area contributed by atoms with Crippen molar-refractivity contribution in [2.75, 3.05) is 6.61 Å². The molecule has 0 amide bonds. The summed E-state index contributed by atoms with van der Waals surface area (Å²) in [5.41, 5.74) is -0.000447. The minimum atomic E-state index is -5.00. The fourth-order valence-electron chi connectivity index (χ4n) is 1.92. The first-order valence-corrected chi connectivity index (χ1v) is 5.90. The Bertz CT molecular complexity index is 399. The lowest BCUT2D eigenvalue weighted by Crippen LogP contribution is -2.36. The monoisotopic (exact) mass is 243 g/mol. The number of halogens is 3. The number of hydrogen-bond acceptors (Lipinski definition) is 1. The lowest BCUT2D eigenvalue weighted by Gasteiger charge is -2.27. The molecule has 0 aromatic heterocycles. The molecule has 17 heavy (non-hydrogen) atoms. The van der Waals surface area contributed by atoms with Crippen LogP contribution < -0.4 is 10.2 Å². The lowest BCUT2D eigenvalue weighted by molar-refractivity contribution is 0.181. The second-order valence-corrected chi connectivity index (χ2v) is 4.72. The zero-order chi connectivity index (χ0) is 12.5. The van der Waals surface area contributed by atoms with Crippen molar-refractivity contribution >= 4 is 12.4 Å². The van der Waals surface area contributed by atoms with E-state index in [1.807, 2.05) is 0 Å². The summed E-state index contributed by atoms with van der Waals surface area (Å²) in [5, 5.41) is 0. The molecule has 0 radical (unpaired) electrons. The predicted octanol–water partition coefficient (Wildman–Crippen LogP) is 3.23. The normalized spacial score (nSPS) is 16.7. The van der Waals surface area contributed by atoms with Gasteiger partial charge in [0.15, 0.2) is 0 Å². The van der Waals surface area contributed by atoms with E-state index < -0.39 is 12.4 Å². The Kier molecular flexibility index (Phi) is 3.36. The van der Waals surface area contributed by atoms with Crippen LogP contribution in [0.3, 0.4) is 0 Å². The van der Waals surface area contributed by atoms with Gasteiger partial charge in [-0.3, -0.25) is 0 Å². The number of ether oxygens (including phenoxy) is 1. The Morgan fingerprint density at radius 3 is 2.53 bits per heavy atom. The van der Waals surface area contributed by atoms with Crippen LogP contribution >= 0.6 is 0 Å². The van der Waals surface area contributed by atoms with Crippen LogP contribution in [0.5, 0.6) is 5.75 Å². The predicted molar refractivity (Wildman–Crippen MR) is 62.7 cm³/mol. The van der Waals surface area contributed by atoms with Gasteiger partial charge in [-0.2, -0.15) is 0 Å². The van der Waals surface area contributed by atoms with Crippen LogP contribution in [0.4, 0.5) is 12.9 Å². The maximum Gasteiger partial charge on any atom is 0.513 e. The van der Waals surface area contributed by atoms with E-state index in [-0.39, 0.29) is 5.75 Å². The van der Waals surface area contributed by atoms with Crippen molar-refractivity contribution < 1.29 is 17.7 Å². The third-order valence-corrected chi connectivity index (χ3v) is 3.22. The van der Waals surface area contributed by atoms with Crippen LogP contribution in [0.2, 0.25) is 0 Å². The molecular formula is C12H15BF3O-. The molecule has 5 heteroatoms. The van der Waals surface area contributed by atoms with Gasteiger partial charge in [-0.25, -0.2) is 0 Å². The highest BCUT2D eigenvalue weighted by Gasteiger charge is 2.29. The molecule has 1 aromatic carbocycles. The van der Waals surface area contributed by atoms with Crippen molar-refractivity contribution in [1.82, 2.24) is 0 Å². The summed E-state index contributed by atoms with van der Waals surface area (Å²) in [6.45, 7) is -2.94. The van der Waals surface area contributed by atoms with Gasteiger partial charge >= 0.3 is 6.98 Å². The fraction of sp³-hybridized carbons (Fsp3) is 0.500. The molecule has 94 valence electrons.